The molecular weight excluding hydrogens is 364 g/mol. The fourth-order valence-electron chi connectivity index (χ4n) is 2.67. The third kappa shape index (κ3) is 3.90. The van der Waals surface area contributed by atoms with Crippen LogP contribution in [0.25, 0.3) is 10.6 Å². The highest BCUT2D eigenvalue weighted by Gasteiger charge is 2.25. The molecule has 0 spiro atoms. The number of hydrogen-bond acceptors (Lipinski definition) is 6. The van der Waals surface area contributed by atoms with Gasteiger partial charge in [-0.05, 0) is 36.4 Å². The van der Waals surface area contributed by atoms with E-state index in [0.717, 1.165) is 18.4 Å². The topological polar surface area (TPSA) is 97.1 Å². The molecule has 0 saturated carbocycles. The Morgan fingerprint density at radius 2 is 2.19 bits per heavy atom. The van der Waals surface area contributed by atoms with Crippen LogP contribution in [0.5, 0.6) is 0 Å². The summed E-state index contributed by atoms with van der Waals surface area (Å²) in [5.74, 6) is -1.20. The van der Waals surface area contributed by atoms with Gasteiger partial charge >= 0.3 is 5.97 Å². The number of carboxylic acid groups (broad SMARTS) is 1. The van der Waals surface area contributed by atoms with Crippen molar-refractivity contribution in [1.29, 1.82) is 0 Å². The second-order valence-electron chi connectivity index (χ2n) is 6.08. The highest BCUT2D eigenvalue weighted by Crippen LogP contribution is 2.30. The maximum Gasteiger partial charge on any atom is 0.340 e. The van der Waals surface area contributed by atoms with Gasteiger partial charge < -0.3 is 10.4 Å². The normalized spacial score (nSPS) is 10.7. The van der Waals surface area contributed by atoms with Crippen LogP contribution >= 0.6 is 11.3 Å². The molecule has 140 valence electrons. The Balaban J connectivity index is 2.25. The van der Waals surface area contributed by atoms with E-state index in [2.05, 4.69) is 15.4 Å². The average molecular weight is 384 g/mol. The summed E-state index contributed by atoms with van der Waals surface area (Å²) >= 11 is 1.38. The Morgan fingerprint density at radius 1 is 1.37 bits per heavy atom. The number of nitrogens with zero attached hydrogens (tertiary/aromatic N) is 3. The van der Waals surface area contributed by atoms with E-state index in [-0.39, 0.29) is 16.9 Å². The molecule has 3 rings (SSSR count). The van der Waals surface area contributed by atoms with Crippen LogP contribution in [0.3, 0.4) is 0 Å². The van der Waals surface area contributed by atoms with Crippen molar-refractivity contribution < 1.29 is 9.90 Å². The predicted octanol–water partition coefficient (Wildman–Crippen LogP) is 3.92. The van der Waals surface area contributed by atoms with Gasteiger partial charge in [0.05, 0.1) is 16.8 Å². The molecule has 0 amide bonds. The van der Waals surface area contributed by atoms with Crippen LogP contribution in [0, 0.1) is 6.92 Å². The lowest BCUT2D eigenvalue weighted by molar-refractivity contribution is 0.0698. The van der Waals surface area contributed by atoms with Gasteiger partial charge in [0.1, 0.15) is 16.9 Å². The molecule has 8 heteroatoms. The Labute approximate surface area is 160 Å². The quantitative estimate of drug-likeness (QED) is 0.641. The number of aromatic nitrogens is 3. The molecule has 0 aromatic carbocycles. The number of hydrogen-bond donors (Lipinski definition) is 2. The van der Waals surface area contributed by atoms with Crippen molar-refractivity contribution in [2.75, 3.05) is 5.32 Å². The zero-order chi connectivity index (χ0) is 19.4. The smallest absolute Gasteiger partial charge is 0.340 e. The number of aryl methyl sites for hydroxylation is 2. The monoisotopic (exact) mass is 384 g/mol. The number of carbonyl (C=O) groups is 1. The van der Waals surface area contributed by atoms with Crippen LogP contribution in [-0.2, 0) is 6.54 Å². The largest absolute Gasteiger partial charge is 0.478 e. The van der Waals surface area contributed by atoms with Gasteiger partial charge in [-0.2, -0.15) is 5.10 Å². The summed E-state index contributed by atoms with van der Waals surface area (Å²) in [6, 6.07) is 5.42. The molecule has 0 aliphatic carbocycles. The van der Waals surface area contributed by atoms with Gasteiger partial charge in [-0.25, -0.2) is 9.48 Å². The minimum Gasteiger partial charge on any atom is -0.478 e. The molecule has 7 nitrogen and oxygen atoms in total. The van der Waals surface area contributed by atoms with E-state index in [4.69, 9.17) is 0 Å². The standard InChI is InChI=1S/C19H20N4O3S/c1-3-4-9-23-18(24)17(21-13-11-20-8-7-12(13)2)15(19(25)26)16(22-23)14-6-5-10-27-14/h5-8,10-11,21H,3-4,9H2,1-2H3,(H,25,26). The minimum atomic E-state index is -1.20. The first-order valence-electron chi connectivity index (χ1n) is 8.62. The molecule has 0 atom stereocenters. The summed E-state index contributed by atoms with van der Waals surface area (Å²) in [6.07, 6.45) is 4.88. The third-order valence-corrected chi connectivity index (χ3v) is 5.02. The Bertz CT molecular complexity index is 1010. The lowest BCUT2D eigenvalue weighted by Crippen LogP contribution is -2.29. The molecule has 3 aromatic rings. The average Bonchev–Trinajstić information content (AvgIpc) is 3.18. The highest BCUT2D eigenvalue weighted by molar-refractivity contribution is 7.13. The minimum absolute atomic E-state index is 0.00750. The number of nitrogens with one attached hydrogen (secondary N) is 1. The van der Waals surface area contributed by atoms with Gasteiger partial charge in [-0.1, -0.05) is 19.4 Å². The third-order valence-electron chi connectivity index (χ3n) is 4.15. The van der Waals surface area contributed by atoms with Crippen LogP contribution in [0.1, 0.15) is 35.7 Å². The van der Waals surface area contributed by atoms with E-state index in [0.29, 0.717) is 17.1 Å². The van der Waals surface area contributed by atoms with Gasteiger partial charge in [0.25, 0.3) is 5.56 Å². The number of rotatable bonds is 7. The van der Waals surface area contributed by atoms with Crippen molar-refractivity contribution in [3.05, 3.63) is 57.5 Å². The van der Waals surface area contributed by atoms with E-state index < -0.39 is 11.5 Å². The Hall–Kier alpha value is -3.00. The van der Waals surface area contributed by atoms with Crippen LogP contribution in [-0.4, -0.2) is 25.8 Å². The molecule has 0 fully saturated rings. The molecule has 3 heterocycles. The van der Waals surface area contributed by atoms with E-state index in [1.807, 2.05) is 25.3 Å². The number of thiophene rings is 1. The van der Waals surface area contributed by atoms with Crippen molar-refractivity contribution >= 4 is 28.7 Å². The first-order chi connectivity index (χ1) is 13.0. The maximum atomic E-state index is 13.0. The molecule has 0 unspecified atom stereocenters. The molecule has 27 heavy (non-hydrogen) atoms. The van der Waals surface area contributed by atoms with E-state index in [1.165, 1.54) is 16.0 Å². The van der Waals surface area contributed by atoms with Gasteiger partial charge in [0, 0.05) is 12.7 Å². The van der Waals surface area contributed by atoms with Crippen molar-refractivity contribution in [2.24, 2.45) is 0 Å². The molecule has 0 aliphatic rings. The van der Waals surface area contributed by atoms with Gasteiger partial charge in [0.15, 0.2) is 0 Å². The first kappa shape index (κ1) is 18.8. The van der Waals surface area contributed by atoms with Crippen molar-refractivity contribution in [1.82, 2.24) is 14.8 Å². The summed E-state index contributed by atoms with van der Waals surface area (Å²) in [5, 5.41) is 19.1. The number of unbranched alkanes of at least 4 members (excludes halogenated alkanes) is 1. The molecule has 0 bridgehead atoms. The fraction of sp³-hybridized carbons (Fsp3) is 0.263. The molecule has 0 aliphatic heterocycles. The van der Waals surface area contributed by atoms with Gasteiger partial charge in [-0.15, -0.1) is 11.3 Å². The second-order valence-corrected chi connectivity index (χ2v) is 7.03. The van der Waals surface area contributed by atoms with Gasteiger partial charge in [0.2, 0.25) is 0 Å². The summed E-state index contributed by atoms with van der Waals surface area (Å²) in [6.45, 7) is 4.31. The fourth-order valence-corrected chi connectivity index (χ4v) is 3.38. The maximum absolute atomic E-state index is 13.0. The lowest BCUT2D eigenvalue weighted by Gasteiger charge is -2.16. The SMILES string of the molecule is CCCCn1nc(-c2cccs2)c(C(=O)O)c(Nc2cnccc2C)c1=O. The zero-order valence-corrected chi connectivity index (χ0v) is 15.9. The summed E-state index contributed by atoms with van der Waals surface area (Å²) < 4.78 is 1.35. The lowest BCUT2D eigenvalue weighted by atomic mass is 10.1. The van der Waals surface area contributed by atoms with Crippen LogP contribution in [0.15, 0.2) is 40.8 Å². The first-order valence-corrected chi connectivity index (χ1v) is 9.50. The summed E-state index contributed by atoms with van der Waals surface area (Å²) in [4.78, 5) is 29.8. The van der Waals surface area contributed by atoms with Crippen molar-refractivity contribution in [3.63, 3.8) is 0 Å². The number of aromatic carboxylic acids is 1. The van der Waals surface area contributed by atoms with Crippen LogP contribution in [0.4, 0.5) is 11.4 Å². The Kier molecular flexibility index (Phi) is 5.66. The van der Waals surface area contributed by atoms with E-state index in [9.17, 15) is 14.7 Å². The predicted molar refractivity (Wildman–Crippen MR) is 106 cm³/mol. The van der Waals surface area contributed by atoms with Crippen molar-refractivity contribution in [2.45, 2.75) is 33.2 Å². The summed E-state index contributed by atoms with van der Waals surface area (Å²) in [7, 11) is 0. The highest BCUT2D eigenvalue weighted by atomic mass is 32.1. The molecule has 3 aromatic heterocycles. The molecule has 2 N–H and O–H groups in total. The number of anilines is 2. The van der Waals surface area contributed by atoms with E-state index >= 15 is 0 Å². The molecular formula is C19H20N4O3S. The van der Waals surface area contributed by atoms with Crippen molar-refractivity contribution in [3.8, 4) is 10.6 Å². The Morgan fingerprint density at radius 3 is 2.81 bits per heavy atom. The zero-order valence-electron chi connectivity index (χ0n) is 15.1. The number of carboxylic acids is 1. The number of pyridine rings is 1. The van der Waals surface area contributed by atoms with Crippen LogP contribution in [0.2, 0.25) is 0 Å². The van der Waals surface area contributed by atoms with E-state index in [1.54, 1.807) is 24.5 Å². The molecule has 0 saturated heterocycles. The van der Waals surface area contributed by atoms with Gasteiger partial charge in [-0.3, -0.25) is 9.78 Å². The summed E-state index contributed by atoms with van der Waals surface area (Å²) in [5.41, 5.74) is 1.16. The second kappa shape index (κ2) is 8.13. The van der Waals surface area contributed by atoms with Crippen LogP contribution < -0.4 is 10.9 Å². The molecule has 0 radical (unpaired) electrons.